The van der Waals surface area contributed by atoms with Gasteiger partial charge in [-0.2, -0.15) is 14.6 Å². The summed E-state index contributed by atoms with van der Waals surface area (Å²) in [5, 5.41) is 14.6. The fraction of sp³-hybridized carbons (Fsp3) is 0.606. The molecule has 0 saturated heterocycles. The van der Waals surface area contributed by atoms with E-state index in [1.165, 1.54) is 0 Å². The Morgan fingerprint density at radius 3 is 2.50 bits per heavy atom. The van der Waals surface area contributed by atoms with E-state index in [1.54, 1.807) is 40.9 Å². The summed E-state index contributed by atoms with van der Waals surface area (Å²) in [6.07, 6.45) is 5.81. The number of halogens is 1. The number of hydrogen-bond acceptors (Lipinski definition) is 7. The zero-order valence-corrected chi connectivity index (χ0v) is 29.4. The monoisotopic (exact) mass is 655 g/mol. The van der Waals surface area contributed by atoms with E-state index in [2.05, 4.69) is 52.4 Å². The summed E-state index contributed by atoms with van der Waals surface area (Å²) in [6.45, 7) is 14.8. The van der Waals surface area contributed by atoms with Crippen molar-refractivity contribution in [3.05, 3.63) is 47.4 Å². The molecule has 3 aromatic rings. The minimum atomic E-state index is -1.21. The number of pyridine rings is 1. The summed E-state index contributed by atoms with van der Waals surface area (Å²) in [5.74, 6) is -0.927. The number of hydrogen-bond donors (Lipinski definition) is 2. The quantitative estimate of drug-likeness (QED) is 0.120. The molecule has 0 bridgehead atoms. The fourth-order valence-corrected chi connectivity index (χ4v) is 6.69. The molecule has 2 amide bonds. The van der Waals surface area contributed by atoms with Crippen LogP contribution in [-0.4, -0.2) is 70.8 Å². The molecule has 1 aliphatic carbocycles. The van der Waals surface area contributed by atoms with Gasteiger partial charge in [0.25, 0.3) is 5.91 Å². The van der Waals surface area contributed by atoms with Gasteiger partial charge in [-0.15, -0.1) is 0 Å². The molecule has 11 nitrogen and oxygen atoms in total. The van der Waals surface area contributed by atoms with E-state index in [0.29, 0.717) is 61.3 Å². The van der Waals surface area contributed by atoms with Crippen LogP contribution in [0.2, 0.25) is 25.7 Å². The molecule has 2 N–H and O–H groups in total. The molecular weight excluding hydrogens is 605 g/mol. The van der Waals surface area contributed by atoms with Gasteiger partial charge < -0.3 is 20.1 Å². The highest BCUT2D eigenvalue weighted by molar-refractivity contribution is 6.76. The molecule has 1 atom stereocenters. The van der Waals surface area contributed by atoms with Crippen molar-refractivity contribution in [1.29, 1.82) is 0 Å². The SMILES string of the molecule is COCCCn1nccc1C(=O)N[C@H](C(=O)Nc1ccc(-c2c(C)nn(COCC[Si](C)(C)C)c2C)c(F)n1)C1CCC(C)CC1. The second-order valence-corrected chi connectivity index (χ2v) is 19.3. The van der Waals surface area contributed by atoms with Crippen LogP contribution in [0.5, 0.6) is 0 Å². The number of aromatic nitrogens is 5. The maximum atomic E-state index is 15.5. The van der Waals surface area contributed by atoms with Gasteiger partial charge in [0.1, 0.15) is 24.3 Å². The lowest BCUT2D eigenvalue weighted by atomic mass is 9.79. The molecular formula is C33H50FN7O4Si. The van der Waals surface area contributed by atoms with Crippen LogP contribution in [0.3, 0.4) is 0 Å². The molecule has 4 rings (SSSR count). The maximum absolute atomic E-state index is 15.5. The second-order valence-electron chi connectivity index (χ2n) is 13.7. The van der Waals surface area contributed by atoms with Gasteiger partial charge in [-0.1, -0.05) is 39.4 Å². The number of anilines is 1. The lowest BCUT2D eigenvalue weighted by Crippen LogP contribution is -2.49. The van der Waals surface area contributed by atoms with E-state index in [-0.39, 0.29) is 17.6 Å². The minimum absolute atomic E-state index is 0.0572. The first kappa shape index (κ1) is 35.4. The highest BCUT2D eigenvalue weighted by atomic mass is 28.3. The van der Waals surface area contributed by atoms with Crippen molar-refractivity contribution in [2.75, 3.05) is 25.6 Å². The molecule has 46 heavy (non-hydrogen) atoms. The number of aryl methyl sites for hydroxylation is 2. The largest absolute Gasteiger partial charge is 0.385 e. The summed E-state index contributed by atoms with van der Waals surface area (Å²) in [5.41, 5.74) is 2.77. The standard InChI is InChI=1S/C33H50FN7O4Si/c1-22-9-11-25(12-10-22)30(38-32(42)27-15-16-35-40(27)17-8-18-44-4)33(43)37-28-14-13-26(31(34)36-28)29-23(2)39-41(24(29)3)21-45-19-20-46(5,6)7/h13-16,22,25,30H,8-12,17-21H2,1-7H3,(H,38,42)(H,36,37,43)/t22?,25?,30-/m0/s1. The molecule has 0 spiro atoms. The van der Waals surface area contributed by atoms with Crippen LogP contribution in [-0.2, 0) is 27.5 Å². The van der Waals surface area contributed by atoms with Gasteiger partial charge in [0.05, 0.1) is 5.69 Å². The first-order valence-electron chi connectivity index (χ1n) is 16.3. The molecule has 0 radical (unpaired) electrons. The van der Waals surface area contributed by atoms with Crippen molar-refractivity contribution in [3.8, 4) is 11.1 Å². The normalized spacial score (nSPS) is 17.6. The average molecular weight is 656 g/mol. The van der Waals surface area contributed by atoms with Gasteiger partial charge in [0, 0.05) is 58.0 Å². The van der Waals surface area contributed by atoms with Crippen molar-refractivity contribution >= 4 is 25.7 Å². The van der Waals surface area contributed by atoms with Gasteiger partial charge >= 0.3 is 0 Å². The predicted octanol–water partition coefficient (Wildman–Crippen LogP) is 5.81. The predicted molar refractivity (Wildman–Crippen MR) is 179 cm³/mol. The zero-order valence-electron chi connectivity index (χ0n) is 28.4. The van der Waals surface area contributed by atoms with Gasteiger partial charge in [-0.3, -0.25) is 14.3 Å². The van der Waals surface area contributed by atoms with Crippen molar-refractivity contribution in [2.24, 2.45) is 11.8 Å². The molecule has 252 valence electrons. The van der Waals surface area contributed by atoms with Crippen LogP contribution in [0, 0.1) is 31.6 Å². The average Bonchev–Trinajstić information content (AvgIpc) is 3.58. The van der Waals surface area contributed by atoms with Gasteiger partial charge in [0.15, 0.2) is 0 Å². The van der Waals surface area contributed by atoms with Gasteiger partial charge in [-0.25, -0.2) is 9.67 Å². The minimum Gasteiger partial charge on any atom is -0.385 e. The van der Waals surface area contributed by atoms with E-state index in [1.807, 2.05) is 13.8 Å². The molecule has 1 aliphatic rings. The smallest absolute Gasteiger partial charge is 0.270 e. The maximum Gasteiger partial charge on any atom is 0.270 e. The van der Waals surface area contributed by atoms with Crippen molar-refractivity contribution < 1.29 is 23.5 Å². The van der Waals surface area contributed by atoms with Crippen LogP contribution < -0.4 is 10.6 Å². The highest BCUT2D eigenvalue weighted by Crippen LogP contribution is 2.32. The Hall–Kier alpha value is -3.42. The highest BCUT2D eigenvalue weighted by Gasteiger charge is 2.34. The van der Waals surface area contributed by atoms with Crippen LogP contribution in [0.4, 0.5) is 10.2 Å². The molecule has 0 aromatic carbocycles. The van der Waals surface area contributed by atoms with E-state index in [4.69, 9.17) is 9.47 Å². The number of rotatable bonds is 15. The van der Waals surface area contributed by atoms with E-state index < -0.39 is 26.0 Å². The van der Waals surface area contributed by atoms with E-state index in [0.717, 1.165) is 37.4 Å². The lowest BCUT2D eigenvalue weighted by molar-refractivity contribution is -0.119. The van der Waals surface area contributed by atoms with Crippen LogP contribution in [0.15, 0.2) is 24.4 Å². The number of ether oxygens (including phenoxy) is 2. The Morgan fingerprint density at radius 1 is 1.09 bits per heavy atom. The van der Waals surface area contributed by atoms with Crippen LogP contribution in [0.1, 0.15) is 60.9 Å². The summed E-state index contributed by atoms with van der Waals surface area (Å²) in [4.78, 5) is 31.2. The topological polar surface area (TPSA) is 125 Å². The first-order valence-corrected chi connectivity index (χ1v) is 20.0. The second kappa shape index (κ2) is 15.9. The zero-order chi connectivity index (χ0) is 33.4. The third-order valence-corrected chi connectivity index (χ3v) is 10.4. The summed E-state index contributed by atoms with van der Waals surface area (Å²) in [6, 6.07) is 5.08. The Bertz CT molecular complexity index is 1480. The number of nitrogens with one attached hydrogen (secondary N) is 2. The summed E-state index contributed by atoms with van der Waals surface area (Å²) >= 11 is 0. The van der Waals surface area contributed by atoms with E-state index in [9.17, 15) is 9.59 Å². The Balaban J connectivity index is 1.48. The Labute approximate surface area is 272 Å². The molecule has 3 heterocycles. The molecule has 1 fully saturated rings. The number of carbonyl (C=O) groups is 2. The molecule has 0 aliphatic heterocycles. The number of nitrogens with zero attached hydrogens (tertiary/aromatic N) is 5. The Kier molecular flexibility index (Phi) is 12.3. The summed E-state index contributed by atoms with van der Waals surface area (Å²) in [7, 11) is 0.415. The number of amides is 2. The molecule has 13 heteroatoms. The third kappa shape index (κ3) is 9.32. The van der Waals surface area contributed by atoms with Crippen molar-refractivity contribution in [3.63, 3.8) is 0 Å². The van der Waals surface area contributed by atoms with Crippen molar-refractivity contribution in [1.82, 2.24) is 29.9 Å². The lowest BCUT2D eigenvalue weighted by Gasteiger charge is -2.32. The molecule has 1 saturated carbocycles. The third-order valence-electron chi connectivity index (χ3n) is 8.73. The Morgan fingerprint density at radius 2 is 1.83 bits per heavy atom. The van der Waals surface area contributed by atoms with Crippen LogP contribution >= 0.6 is 0 Å². The van der Waals surface area contributed by atoms with Gasteiger partial charge in [0.2, 0.25) is 11.9 Å². The van der Waals surface area contributed by atoms with Crippen LogP contribution in [0.25, 0.3) is 11.1 Å². The van der Waals surface area contributed by atoms with E-state index >= 15 is 4.39 Å². The summed E-state index contributed by atoms with van der Waals surface area (Å²) < 4.78 is 29.9. The molecule has 0 unspecified atom stereocenters. The molecule has 3 aromatic heterocycles. The van der Waals surface area contributed by atoms with Gasteiger partial charge in [-0.05, 0) is 69.2 Å². The number of methoxy groups -OCH3 is 1. The van der Waals surface area contributed by atoms with Crippen molar-refractivity contribution in [2.45, 2.75) is 97.9 Å². The fourth-order valence-electron chi connectivity index (χ4n) is 5.93. The first-order chi connectivity index (χ1) is 21.9. The number of carbonyl (C=O) groups excluding carboxylic acids is 2.